The van der Waals surface area contributed by atoms with E-state index in [1.54, 1.807) is 0 Å². The van der Waals surface area contributed by atoms with Crippen LogP contribution < -0.4 is 11.2 Å². The normalized spacial score (nSPS) is 11.2. The Bertz CT molecular complexity index is 597. The molecule has 2 rings (SSSR count). The highest BCUT2D eigenvalue weighted by Gasteiger charge is 2.12. The third kappa shape index (κ3) is 1.40. The van der Waals surface area contributed by atoms with Crippen molar-refractivity contribution in [1.29, 1.82) is 0 Å². The topological polar surface area (TPSA) is 48.0 Å². The van der Waals surface area contributed by atoms with Gasteiger partial charge < -0.3 is 10.3 Å². The maximum Gasteiger partial charge on any atom is 0.212 e. The van der Waals surface area contributed by atoms with E-state index < -0.39 is 0 Å². The summed E-state index contributed by atoms with van der Waals surface area (Å²) in [4.78, 5) is 12.0. The summed E-state index contributed by atoms with van der Waals surface area (Å²) in [5.41, 5.74) is 7.94. The molecule has 3 heteroatoms. The molecule has 0 saturated carbocycles. The zero-order chi connectivity index (χ0) is 11.9. The lowest BCUT2D eigenvalue weighted by Crippen LogP contribution is -2.18. The molecular formula is C13H16N2O. The Morgan fingerprint density at radius 3 is 2.50 bits per heavy atom. The monoisotopic (exact) mass is 216 g/mol. The maximum absolute atomic E-state index is 12.0. The highest BCUT2D eigenvalue weighted by Crippen LogP contribution is 2.21. The fourth-order valence-electron chi connectivity index (χ4n) is 2.16. The average molecular weight is 216 g/mol. The predicted molar refractivity (Wildman–Crippen MR) is 67.7 cm³/mol. The Labute approximate surface area is 94.5 Å². The minimum absolute atomic E-state index is 0.0648. The number of hydrogen-bond acceptors (Lipinski definition) is 2. The van der Waals surface area contributed by atoms with E-state index in [-0.39, 0.29) is 11.5 Å². The van der Waals surface area contributed by atoms with E-state index in [0.717, 1.165) is 11.2 Å². The number of anilines is 1. The summed E-state index contributed by atoms with van der Waals surface area (Å²) >= 11 is 0. The van der Waals surface area contributed by atoms with Gasteiger partial charge in [0.2, 0.25) is 5.43 Å². The van der Waals surface area contributed by atoms with Gasteiger partial charge in [-0.3, -0.25) is 4.79 Å². The Morgan fingerprint density at radius 1 is 1.25 bits per heavy atom. The molecule has 2 N–H and O–H groups in total. The molecule has 2 aromatic rings. The first-order valence-electron chi connectivity index (χ1n) is 5.43. The van der Waals surface area contributed by atoms with Gasteiger partial charge in [0.1, 0.15) is 0 Å². The van der Waals surface area contributed by atoms with Gasteiger partial charge in [0.15, 0.2) is 0 Å². The molecule has 0 spiro atoms. The van der Waals surface area contributed by atoms with Crippen molar-refractivity contribution >= 4 is 16.6 Å². The van der Waals surface area contributed by atoms with Crippen molar-refractivity contribution < 1.29 is 0 Å². The van der Waals surface area contributed by atoms with E-state index in [2.05, 4.69) is 18.4 Å². The van der Waals surface area contributed by atoms with Crippen LogP contribution in [0.3, 0.4) is 0 Å². The summed E-state index contributed by atoms with van der Waals surface area (Å²) in [6.07, 6.45) is 0. The Kier molecular flexibility index (Phi) is 2.46. The van der Waals surface area contributed by atoms with Gasteiger partial charge in [0.25, 0.3) is 0 Å². The van der Waals surface area contributed by atoms with Crippen LogP contribution in [0.5, 0.6) is 0 Å². The summed E-state index contributed by atoms with van der Waals surface area (Å²) in [6, 6.07) is 7.88. The standard InChI is InChI=1S/C13H16N2O/c1-8(2)15-9(3)12(14)13(16)10-6-4-5-7-11(10)15/h4-8H,14H2,1-3H3. The fraction of sp³-hybridized carbons (Fsp3) is 0.308. The molecule has 0 amide bonds. The minimum atomic E-state index is -0.0648. The largest absolute Gasteiger partial charge is 0.394 e. The number of rotatable bonds is 1. The Morgan fingerprint density at radius 2 is 1.88 bits per heavy atom. The van der Waals surface area contributed by atoms with Crippen molar-refractivity contribution in [3.63, 3.8) is 0 Å². The van der Waals surface area contributed by atoms with Crippen molar-refractivity contribution in [2.45, 2.75) is 26.8 Å². The number of nitrogens with two attached hydrogens (primary N) is 1. The quantitative estimate of drug-likeness (QED) is 0.796. The summed E-state index contributed by atoms with van der Waals surface area (Å²) in [5, 5.41) is 0.694. The Hall–Kier alpha value is -1.77. The van der Waals surface area contributed by atoms with Crippen molar-refractivity contribution in [2.75, 3.05) is 5.73 Å². The van der Waals surface area contributed by atoms with Crippen LogP contribution in [0.1, 0.15) is 25.6 Å². The van der Waals surface area contributed by atoms with Crippen molar-refractivity contribution in [2.24, 2.45) is 0 Å². The van der Waals surface area contributed by atoms with E-state index >= 15 is 0 Å². The van der Waals surface area contributed by atoms with E-state index in [9.17, 15) is 4.79 Å². The van der Waals surface area contributed by atoms with Crippen LogP contribution in [0.15, 0.2) is 29.1 Å². The number of aromatic nitrogens is 1. The van der Waals surface area contributed by atoms with E-state index in [1.807, 2.05) is 31.2 Å². The van der Waals surface area contributed by atoms with Gasteiger partial charge in [-0.15, -0.1) is 0 Å². The maximum atomic E-state index is 12.0. The second kappa shape index (κ2) is 3.67. The molecule has 1 aromatic carbocycles. The summed E-state index contributed by atoms with van der Waals surface area (Å²) in [7, 11) is 0. The summed E-state index contributed by atoms with van der Waals surface area (Å²) in [5.74, 6) is 0. The van der Waals surface area contributed by atoms with E-state index in [0.29, 0.717) is 11.1 Å². The molecule has 1 heterocycles. The molecule has 0 atom stereocenters. The number of pyridine rings is 1. The van der Waals surface area contributed by atoms with Gasteiger partial charge in [-0.25, -0.2) is 0 Å². The van der Waals surface area contributed by atoms with Crippen molar-refractivity contribution in [1.82, 2.24) is 4.57 Å². The molecule has 0 unspecified atom stereocenters. The Balaban J connectivity index is 3.04. The summed E-state index contributed by atoms with van der Waals surface area (Å²) in [6.45, 7) is 6.07. The second-order valence-electron chi connectivity index (χ2n) is 4.31. The molecule has 0 aliphatic rings. The predicted octanol–water partition coefficient (Wildman–Crippen LogP) is 2.47. The molecule has 16 heavy (non-hydrogen) atoms. The van der Waals surface area contributed by atoms with E-state index in [1.165, 1.54) is 0 Å². The molecule has 0 radical (unpaired) electrons. The molecule has 84 valence electrons. The third-order valence-corrected chi connectivity index (χ3v) is 2.92. The van der Waals surface area contributed by atoms with Gasteiger partial charge in [0, 0.05) is 17.1 Å². The van der Waals surface area contributed by atoms with E-state index in [4.69, 9.17) is 5.73 Å². The number of fused-ring (bicyclic) bond motifs is 1. The van der Waals surface area contributed by atoms with Crippen molar-refractivity contribution in [3.8, 4) is 0 Å². The minimum Gasteiger partial charge on any atom is -0.394 e. The SMILES string of the molecule is Cc1c(N)c(=O)c2ccccc2n1C(C)C. The van der Waals surface area contributed by atoms with Gasteiger partial charge in [-0.2, -0.15) is 0 Å². The fourth-order valence-corrected chi connectivity index (χ4v) is 2.16. The van der Waals surface area contributed by atoms with Crippen molar-refractivity contribution in [3.05, 3.63) is 40.2 Å². The van der Waals surface area contributed by atoms with Crippen LogP contribution in [0, 0.1) is 6.92 Å². The highest BCUT2D eigenvalue weighted by atomic mass is 16.1. The lowest BCUT2D eigenvalue weighted by Gasteiger charge is -2.19. The summed E-state index contributed by atoms with van der Waals surface area (Å²) < 4.78 is 2.10. The van der Waals surface area contributed by atoms with Crippen LogP contribution in [0.2, 0.25) is 0 Å². The molecule has 0 bridgehead atoms. The molecule has 0 fully saturated rings. The zero-order valence-electron chi connectivity index (χ0n) is 9.82. The lowest BCUT2D eigenvalue weighted by atomic mass is 10.1. The number of para-hydroxylation sites is 1. The van der Waals surface area contributed by atoms with Crippen LogP contribution in [-0.2, 0) is 0 Å². The van der Waals surface area contributed by atoms with Crippen LogP contribution in [0.25, 0.3) is 10.9 Å². The molecule has 1 aromatic heterocycles. The number of nitrogen functional groups attached to an aromatic ring is 1. The second-order valence-corrected chi connectivity index (χ2v) is 4.31. The molecule has 0 aliphatic heterocycles. The number of nitrogens with zero attached hydrogens (tertiary/aromatic N) is 1. The smallest absolute Gasteiger partial charge is 0.212 e. The van der Waals surface area contributed by atoms with Gasteiger partial charge in [0.05, 0.1) is 11.2 Å². The van der Waals surface area contributed by atoms with Crippen LogP contribution in [0.4, 0.5) is 5.69 Å². The lowest BCUT2D eigenvalue weighted by molar-refractivity contribution is 0.603. The van der Waals surface area contributed by atoms with Gasteiger partial charge in [-0.05, 0) is 32.9 Å². The zero-order valence-corrected chi connectivity index (χ0v) is 9.82. The number of hydrogen-bond donors (Lipinski definition) is 1. The van der Waals surface area contributed by atoms with Crippen LogP contribution in [-0.4, -0.2) is 4.57 Å². The first-order valence-corrected chi connectivity index (χ1v) is 5.43. The first-order chi connectivity index (χ1) is 7.54. The first kappa shape index (κ1) is 10.7. The highest BCUT2D eigenvalue weighted by molar-refractivity contribution is 5.82. The van der Waals surface area contributed by atoms with Gasteiger partial charge in [-0.1, -0.05) is 12.1 Å². The molecule has 3 nitrogen and oxygen atoms in total. The molecule has 0 saturated heterocycles. The van der Waals surface area contributed by atoms with Gasteiger partial charge >= 0.3 is 0 Å². The molecular weight excluding hydrogens is 200 g/mol. The van der Waals surface area contributed by atoms with Crippen LogP contribution >= 0.6 is 0 Å². The molecule has 0 aliphatic carbocycles. The third-order valence-electron chi connectivity index (χ3n) is 2.92. The number of benzene rings is 1. The average Bonchev–Trinajstić information content (AvgIpc) is 2.26.